The summed E-state index contributed by atoms with van der Waals surface area (Å²) in [6.45, 7) is 2.07. The van der Waals surface area contributed by atoms with E-state index < -0.39 is 11.1 Å². The first-order valence-electron chi connectivity index (χ1n) is 13.4. The molecule has 200 valence electrons. The number of halogens is 1. The van der Waals surface area contributed by atoms with Gasteiger partial charge in [0.25, 0.3) is 0 Å². The summed E-state index contributed by atoms with van der Waals surface area (Å²) >= 11 is -1.94. The molecule has 0 radical (unpaired) electrons. The van der Waals surface area contributed by atoms with Gasteiger partial charge >= 0.3 is 0 Å². The lowest BCUT2D eigenvalue weighted by Gasteiger charge is -2.42. The number of piperidine rings is 1. The van der Waals surface area contributed by atoms with Gasteiger partial charge in [-0.1, -0.05) is 0 Å². The molecule has 38 heavy (non-hydrogen) atoms. The summed E-state index contributed by atoms with van der Waals surface area (Å²) in [4.78, 5) is 18.9. The number of likely N-dealkylation sites (tertiary alicyclic amines) is 1. The van der Waals surface area contributed by atoms with E-state index in [0.29, 0.717) is 18.3 Å². The molecule has 2 aliphatic rings. The maximum absolute atomic E-state index is 13.2. The second-order valence-corrected chi connectivity index (χ2v) is 11.6. The van der Waals surface area contributed by atoms with Crippen molar-refractivity contribution in [2.45, 2.75) is 49.8 Å². The lowest BCUT2D eigenvalue weighted by molar-refractivity contribution is 0.0878. The van der Waals surface area contributed by atoms with Gasteiger partial charge in [-0.05, 0) is 87.2 Å². The summed E-state index contributed by atoms with van der Waals surface area (Å²) in [5.41, 5.74) is 2.75. The topological polar surface area (TPSA) is 104 Å². The minimum Gasteiger partial charge on any atom is -0.493 e. The van der Waals surface area contributed by atoms with E-state index in [9.17, 15) is 13.2 Å². The van der Waals surface area contributed by atoms with Gasteiger partial charge in [0.2, 0.25) is 0 Å². The summed E-state index contributed by atoms with van der Waals surface area (Å²) in [5.74, 6) is 1.11. The zero-order chi connectivity index (χ0) is 26.1. The molecule has 8 nitrogen and oxygen atoms in total. The van der Waals surface area contributed by atoms with Crippen molar-refractivity contribution >= 4 is 33.0 Å². The van der Waals surface area contributed by atoms with Gasteiger partial charge in [-0.3, -0.25) is 4.90 Å². The molecule has 3 atom stereocenters. The number of fused-ring (bicyclic) bond motifs is 3. The SMILES string of the molecule is O=S(O)C(C1CCC(c2[nH]cnc3cnc4nccc4c23)CC1)N1CCCC(COc2ccc(F)cc2)C1. The molecule has 3 aromatic heterocycles. The molecule has 10 heteroatoms. The van der Waals surface area contributed by atoms with Gasteiger partial charge in [-0.2, -0.15) is 0 Å². The van der Waals surface area contributed by atoms with Crippen LogP contribution in [0.5, 0.6) is 5.75 Å². The lowest BCUT2D eigenvalue weighted by atomic mass is 9.79. The van der Waals surface area contributed by atoms with Crippen molar-refractivity contribution in [3.63, 3.8) is 0 Å². The van der Waals surface area contributed by atoms with Gasteiger partial charge in [-0.25, -0.2) is 23.6 Å². The third-order valence-corrected chi connectivity index (χ3v) is 9.30. The van der Waals surface area contributed by atoms with Crippen LogP contribution in [0.25, 0.3) is 21.9 Å². The molecule has 0 spiro atoms. The van der Waals surface area contributed by atoms with Crippen LogP contribution in [0.2, 0.25) is 0 Å². The fraction of sp³-hybridized carbons (Fsp3) is 0.464. The molecule has 2 fully saturated rings. The van der Waals surface area contributed by atoms with Crippen molar-refractivity contribution in [2.75, 3.05) is 19.7 Å². The van der Waals surface area contributed by atoms with Crippen molar-refractivity contribution in [1.82, 2.24) is 24.8 Å². The smallest absolute Gasteiger partial charge is 0.171 e. The number of aromatic amines is 1. The molecule has 1 aliphatic heterocycles. The van der Waals surface area contributed by atoms with E-state index in [2.05, 4.69) is 24.8 Å². The van der Waals surface area contributed by atoms with Crippen LogP contribution >= 0.6 is 0 Å². The third kappa shape index (κ3) is 5.17. The average Bonchev–Trinajstić information content (AvgIpc) is 3.42. The highest BCUT2D eigenvalue weighted by atomic mass is 32.2. The molecule has 1 aromatic carbocycles. The Bertz CT molecular complexity index is 1420. The average molecular weight is 538 g/mol. The fourth-order valence-electron chi connectivity index (χ4n) is 6.39. The van der Waals surface area contributed by atoms with Crippen molar-refractivity contribution in [3.05, 3.63) is 60.6 Å². The number of rotatable bonds is 7. The molecule has 4 aromatic rings. The van der Waals surface area contributed by atoms with Gasteiger partial charge in [-0.15, -0.1) is 0 Å². The number of aromatic nitrogens is 4. The predicted molar refractivity (Wildman–Crippen MR) is 145 cm³/mol. The Morgan fingerprint density at radius 3 is 2.71 bits per heavy atom. The lowest BCUT2D eigenvalue weighted by Crippen LogP contribution is -2.49. The van der Waals surface area contributed by atoms with Crippen molar-refractivity contribution in [3.8, 4) is 5.75 Å². The highest BCUT2D eigenvalue weighted by Gasteiger charge is 2.38. The van der Waals surface area contributed by atoms with Crippen molar-refractivity contribution in [1.29, 1.82) is 0 Å². The number of H-pyrrole nitrogens is 1. The minimum atomic E-state index is -1.94. The van der Waals surface area contributed by atoms with Crippen LogP contribution in [0, 0.1) is 17.7 Å². The van der Waals surface area contributed by atoms with E-state index in [4.69, 9.17) is 4.74 Å². The van der Waals surface area contributed by atoms with Crippen LogP contribution < -0.4 is 4.74 Å². The van der Waals surface area contributed by atoms with Crippen LogP contribution in [-0.2, 0) is 11.1 Å². The first-order valence-corrected chi connectivity index (χ1v) is 14.5. The Balaban J connectivity index is 1.13. The van der Waals surface area contributed by atoms with Gasteiger partial charge < -0.3 is 14.3 Å². The predicted octanol–water partition coefficient (Wildman–Crippen LogP) is 5.26. The van der Waals surface area contributed by atoms with E-state index in [-0.39, 0.29) is 23.0 Å². The number of ether oxygens (including phenoxy) is 1. The highest BCUT2D eigenvalue weighted by Crippen LogP contribution is 2.41. The molecule has 6 rings (SSSR count). The van der Waals surface area contributed by atoms with Crippen LogP contribution in [0.3, 0.4) is 0 Å². The number of hydrogen-bond acceptors (Lipinski definition) is 6. The molecule has 1 saturated carbocycles. The molecular formula is C28H32FN5O3S. The summed E-state index contributed by atoms with van der Waals surface area (Å²) in [6, 6.07) is 8.06. The Morgan fingerprint density at radius 1 is 1.11 bits per heavy atom. The van der Waals surface area contributed by atoms with E-state index in [0.717, 1.165) is 79.2 Å². The molecule has 0 bridgehead atoms. The number of nitrogens with zero attached hydrogens (tertiary/aromatic N) is 4. The third-order valence-electron chi connectivity index (χ3n) is 8.21. The molecule has 2 N–H and O–H groups in total. The fourth-order valence-corrected chi connectivity index (χ4v) is 7.44. The quantitative estimate of drug-likeness (QED) is 0.310. The van der Waals surface area contributed by atoms with Gasteiger partial charge in [0.15, 0.2) is 16.7 Å². The normalized spacial score (nSPS) is 24.4. The van der Waals surface area contributed by atoms with Crippen LogP contribution in [0.4, 0.5) is 4.39 Å². The molecule has 4 heterocycles. The summed E-state index contributed by atoms with van der Waals surface area (Å²) < 4.78 is 42.1. The van der Waals surface area contributed by atoms with E-state index in [1.807, 2.05) is 6.07 Å². The first kappa shape index (κ1) is 25.3. The van der Waals surface area contributed by atoms with E-state index >= 15 is 0 Å². The number of nitrogens with one attached hydrogen (secondary N) is 1. The van der Waals surface area contributed by atoms with Gasteiger partial charge in [0.1, 0.15) is 16.9 Å². The van der Waals surface area contributed by atoms with Crippen molar-refractivity contribution in [2.24, 2.45) is 11.8 Å². The molecule has 0 amide bonds. The van der Waals surface area contributed by atoms with Crippen LogP contribution in [-0.4, -0.2) is 58.7 Å². The van der Waals surface area contributed by atoms with Crippen LogP contribution in [0.15, 0.2) is 49.1 Å². The standard InChI is InChI=1S/C28H32FN5O3S/c29-21-7-9-22(10-8-21)37-16-18-2-1-13-34(15-18)28(38(35)36)20-5-3-19(4-6-20)26-25-23-11-12-30-27(23)31-14-24(25)32-17-33-26/h7-12,14,17-20,28H,1-6,13,15-16H2,(H,32,33)(H,35,36). The summed E-state index contributed by atoms with van der Waals surface area (Å²) in [5, 5.41) is 1.72. The second-order valence-electron chi connectivity index (χ2n) is 10.6. The highest BCUT2D eigenvalue weighted by molar-refractivity contribution is 7.79. The molecule has 3 unspecified atom stereocenters. The maximum atomic E-state index is 13.2. The largest absolute Gasteiger partial charge is 0.493 e. The zero-order valence-corrected chi connectivity index (χ0v) is 21.9. The monoisotopic (exact) mass is 537 g/mol. The Kier molecular flexibility index (Phi) is 7.36. The van der Waals surface area contributed by atoms with Gasteiger partial charge in [0.05, 0.1) is 24.6 Å². The van der Waals surface area contributed by atoms with Crippen LogP contribution in [0.1, 0.15) is 50.1 Å². The minimum absolute atomic E-state index is 0.157. The second kappa shape index (κ2) is 11.0. The zero-order valence-electron chi connectivity index (χ0n) is 21.1. The number of hydrogen-bond donors (Lipinski definition) is 2. The van der Waals surface area contributed by atoms with E-state index in [1.54, 1.807) is 30.9 Å². The summed E-state index contributed by atoms with van der Waals surface area (Å²) in [7, 11) is 0. The Labute approximate surface area is 223 Å². The van der Waals surface area contributed by atoms with Gasteiger partial charge in [0, 0.05) is 35.1 Å². The van der Waals surface area contributed by atoms with E-state index in [1.165, 1.54) is 12.1 Å². The number of benzene rings is 1. The summed E-state index contributed by atoms with van der Waals surface area (Å²) in [6.07, 6.45) is 10.9. The number of pyridine rings is 1. The maximum Gasteiger partial charge on any atom is 0.171 e. The molecule has 1 aliphatic carbocycles. The van der Waals surface area contributed by atoms with Crippen molar-refractivity contribution < 1.29 is 17.9 Å². The molecule has 1 saturated heterocycles. The first-order chi connectivity index (χ1) is 18.6. The Hall–Kier alpha value is -2.95. The molecular weight excluding hydrogens is 505 g/mol. The Morgan fingerprint density at radius 2 is 1.92 bits per heavy atom.